The van der Waals surface area contributed by atoms with Crippen LogP contribution >= 0.6 is 15.9 Å². The van der Waals surface area contributed by atoms with Gasteiger partial charge in [0.2, 0.25) is 5.91 Å². The summed E-state index contributed by atoms with van der Waals surface area (Å²) in [6, 6.07) is 6.19. The van der Waals surface area contributed by atoms with Gasteiger partial charge in [0.15, 0.2) is 0 Å². The lowest BCUT2D eigenvalue weighted by Crippen LogP contribution is -2.12. The van der Waals surface area contributed by atoms with Gasteiger partial charge in [-0.25, -0.2) is 0 Å². The molecule has 0 unspecified atom stereocenters. The van der Waals surface area contributed by atoms with E-state index in [1.54, 1.807) is 6.92 Å². The lowest BCUT2D eigenvalue weighted by atomic mass is 9.95. The number of aryl methyl sites for hydroxylation is 1. The molecule has 0 radical (unpaired) electrons. The van der Waals surface area contributed by atoms with Gasteiger partial charge in [-0.1, -0.05) is 15.9 Å². The van der Waals surface area contributed by atoms with E-state index in [2.05, 4.69) is 22.0 Å². The molecule has 0 amide bonds. The Morgan fingerprint density at radius 1 is 1.29 bits per heavy atom. The summed E-state index contributed by atoms with van der Waals surface area (Å²) in [6.45, 7) is 1.65. The smallest absolute Gasteiger partial charge is 0.228 e. The molecule has 1 aromatic heterocycles. The second-order valence-electron chi connectivity index (χ2n) is 4.65. The van der Waals surface area contributed by atoms with Crippen molar-refractivity contribution in [3.63, 3.8) is 0 Å². The molecule has 1 aliphatic rings. The Hall–Kier alpha value is -1.09. The Morgan fingerprint density at radius 3 is 2.82 bits per heavy atom. The quantitative estimate of drug-likeness (QED) is 0.720. The summed E-state index contributed by atoms with van der Waals surface area (Å²) >= 11 is 3.51. The third kappa shape index (κ3) is 1.64. The topological polar surface area (TPSA) is 22.0 Å². The van der Waals surface area contributed by atoms with Crippen molar-refractivity contribution in [1.29, 1.82) is 0 Å². The number of halogens is 1. The standard InChI is InChI=1S/C14H14BrNO/c1-9(17)16-13-5-3-2-4-11(13)12-8-10(15)6-7-14(12)16/h6-8H,2-5H2,1H3. The first-order chi connectivity index (χ1) is 8.18. The summed E-state index contributed by atoms with van der Waals surface area (Å²) in [7, 11) is 0. The molecule has 0 bridgehead atoms. The fourth-order valence-electron chi connectivity index (χ4n) is 2.88. The number of hydrogen-bond acceptors (Lipinski definition) is 1. The number of nitrogens with zero attached hydrogens (tertiary/aromatic N) is 1. The maximum Gasteiger partial charge on any atom is 0.228 e. The predicted molar refractivity (Wildman–Crippen MR) is 72.6 cm³/mol. The number of benzene rings is 1. The van der Waals surface area contributed by atoms with Gasteiger partial charge in [-0.05, 0) is 49.4 Å². The van der Waals surface area contributed by atoms with E-state index >= 15 is 0 Å². The number of carbonyl (C=O) groups is 1. The maximum absolute atomic E-state index is 11.8. The first-order valence-corrected chi connectivity index (χ1v) is 6.80. The normalized spacial score (nSPS) is 14.9. The highest BCUT2D eigenvalue weighted by molar-refractivity contribution is 9.10. The largest absolute Gasteiger partial charge is 0.284 e. The fourth-order valence-corrected chi connectivity index (χ4v) is 3.24. The van der Waals surface area contributed by atoms with E-state index in [9.17, 15) is 4.79 Å². The second-order valence-corrected chi connectivity index (χ2v) is 5.56. The Kier molecular flexibility index (Phi) is 2.58. The van der Waals surface area contributed by atoms with E-state index in [1.165, 1.54) is 29.5 Å². The highest BCUT2D eigenvalue weighted by Gasteiger charge is 2.21. The fraction of sp³-hybridized carbons (Fsp3) is 0.357. The molecule has 88 valence electrons. The maximum atomic E-state index is 11.8. The molecule has 1 aliphatic carbocycles. The highest BCUT2D eigenvalue weighted by Crippen LogP contribution is 2.33. The third-order valence-corrected chi connectivity index (χ3v) is 4.04. The van der Waals surface area contributed by atoms with Crippen LogP contribution in [0.15, 0.2) is 22.7 Å². The van der Waals surface area contributed by atoms with Crippen molar-refractivity contribution in [3.05, 3.63) is 33.9 Å². The number of carbonyl (C=O) groups excluding carboxylic acids is 1. The molecular formula is C14H14BrNO. The van der Waals surface area contributed by atoms with E-state index in [-0.39, 0.29) is 5.91 Å². The first kappa shape index (κ1) is 11.0. The summed E-state index contributed by atoms with van der Waals surface area (Å²) in [5, 5.41) is 1.24. The van der Waals surface area contributed by atoms with Crippen LogP contribution < -0.4 is 0 Å². The van der Waals surface area contributed by atoms with Crippen LogP contribution in [-0.2, 0) is 12.8 Å². The van der Waals surface area contributed by atoms with Gasteiger partial charge in [-0.2, -0.15) is 0 Å². The number of hydrogen-bond donors (Lipinski definition) is 0. The van der Waals surface area contributed by atoms with Gasteiger partial charge in [-0.15, -0.1) is 0 Å². The van der Waals surface area contributed by atoms with Gasteiger partial charge >= 0.3 is 0 Å². The van der Waals surface area contributed by atoms with Crippen molar-refractivity contribution in [2.45, 2.75) is 32.6 Å². The lowest BCUT2D eigenvalue weighted by Gasteiger charge is -2.13. The molecule has 17 heavy (non-hydrogen) atoms. The average molecular weight is 292 g/mol. The Balaban J connectivity index is 2.41. The van der Waals surface area contributed by atoms with Gasteiger partial charge in [0.05, 0.1) is 5.52 Å². The Bertz CT molecular complexity index is 612. The zero-order chi connectivity index (χ0) is 12.0. The van der Waals surface area contributed by atoms with E-state index in [4.69, 9.17) is 0 Å². The van der Waals surface area contributed by atoms with Crippen molar-refractivity contribution >= 4 is 32.7 Å². The lowest BCUT2D eigenvalue weighted by molar-refractivity contribution is 0.0938. The van der Waals surface area contributed by atoms with E-state index < -0.39 is 0 Å². The van der Waals surface area contributed by atoms with Crippen molar-refractivity contribution < 1.29 is 4.79 Å². The van der Waals surface area contributed by atoms with Crippen LogP contribution in [0.2, 0.25) is 0 Å². The summed E-state index contributed by atoms with van der Waals surface area (Å²) in [5.74, 6) is 0.125. The van der Waals surface area contributed by atoms with Gasteiger partial charge in [0.25, 0.3) is 0 Å². The molecule has 0 saturated heterocycles. The van der Waals surface area contributed by atoms with E-state index in [0.29, 0.717) is 0 Å². The van der Waals surface area contributed by atoms with Crippen LogP contribution in [0.3, 0.4) is 0 Å². The molecule has 1 heterocycles. The van der Waals surface area contributed by atoms with Gasteiger partial charge < -0.3 is 0 Å². The summed E-state index contributed by atoms with van der Waals surface area (Å²) in [5.41, 5.74) is 3.67. The van der Waals surface area contributed by atoms with Gasteiger partial charge in [0, 0.05) is 22.5 Å². The van der Waals surface area contributed by atoms with E-state index in [0.717, 1.165) is 22.8 Å². The zero-order valence-corrected chi connectivity index (χ0v) is 11.4. The van der Waals surface area contributed by atoms with Crippen LogP contribution in [0.1, 0.15) is 35.8 Å². The minimum atomic E-state index is 0.125. The van der Waals surface area contributed by atoms with Crippen molar-refractivity contribution in [2.24, 2.45) is 0 Å². The van der Waals surface area contributed by atoms with Crippen LogP contribution in [0.4, 0.5) is 0 Å². The molecule has 0 saturated carbocycles. The molecule has 0 aliphatic heterocycles. The molecule has 2 nitrogen and oxygen atoms in total. The summed E-state index contributed by atoms with van der Waals surface area (Å²) in [4.78, 5) is 11.8. The summed E-state index contributed by atoms with van der Waals surface area (Å²) in [6.07, 6.45) is 4.55. The number of rotatable bonds is 0. The molecule has 0 N–H and O–H groups in total. The molecule has 0 atom stereocenters. The van der Waals surface area contributed by atoms with Crippen molar-refractivity contribution in [1.82, 2.24) is 4.57 Å². The van der Waals surface area contributed by atoms with Gasteiger partial charge in [0.1, 0.15) is 0 Å². The molecule has 2 aromatic rings. The Morgan fingerprint density at radius 2 is 2.06 bits per heavy atom. The highest BCUT2D eigenvalue weighted by atomic mass is 79.9. The third-order valence-electron chi connectivity index (χ3n) is 3.55. The molecule has 0 spiro atoms. The van der Waals surface area contributed by atoms with Crippen LogP contribution in [0.5, 0.6) is 0 Å². The molecule has 0 fully saturated rings. The SMILES string of the molecule is CC(=O)n1c2c(c3cc(Br)ccc31)CCCC2. The molecule has 1 aromatic carbocycles. The molecular weight excluding hydrogens is 278 g/mol. The second kappa shape index (κ2) is 3.98. The minimum Gasteiger partial charge on any atom is -0.284 e. The van der Waals surface area contributed by atoms with Crippen LogP contribution in [0.25, 0.3) is 10.9 Å². The molecule has 3 rings (SSSR count). The predicted octanol–water partition coefficient (Wildman–Crippen LogP) is 3.94. The average Bonchev–Trinajstić information content (AvgIpc) is 2.63. The van der Waals surface area contributed by atoms with Crippen molar-refractivity contribution in [2.75, 3.05) is 0 Å². The van der Waals surface area contributed by atoms with Crippen molar-refractivity contribution in [3.8, 4) is 0 Å². The molecule has 3 heteroatoms. The minimum absolute atomic E-state index is 0.125. The number of aromatic nitrogens is 1. The summed E-state index contributed by atoms with van der Waals surface area (Å²) < 4.78 is 2.98. The Labute approximate surface area is 109 Å². The number of fused-ring (bicyclic) bond motifs is 3. The zero-order valence-electron chi connectivity index (χ0n) is 9.79. The first-order valence-electron chi connectivity index (χ1n) is 6.01. The van der Waals surface area contributed by atoms with E-state index in [1.807, 2.05) is 16.7 Å². The van der Waals surface area contributed by atoms with Gasteiger partial charge in [-0.3, -0.25) is 9.36 Å². The van der Waals surface area contributed by atoms with Crippen LogP contribution in [0, 0.1) is 0 Å². The van der Waals surface area contributed by atoms with Crippen LogP contribution in [-0.4, -0.2) is 10.5 Å². The monoisotopic (exact) mass is 291 g/mol.